The Morgan fingerprint density at radius 2 is 2.28 bits per heavy atom. The molecule has 1 heterocycles. The van der Waals surface area contributed by atoms with E-state index in [1.54, 1.807) is 0 Å². The molecule has 0 radical (unpaired) electrons. The Kier molecular flexibility index (Phi) is 3.87. The van der Waals surface area contributed by atoms with E-state index in [-0.39, 0.29) is 17.4 Å². The number of nitrogens with one attached hydrogen (secondary N) is 1. The number of aromatic amines is 1. The zero-order valence-corrected chi connectivity index (χ0v) is 10.9. The van der Waals surface area contributed by atoms with E-state index in [0.717, 1.165) is 29.3 Å². The quantitative estimate of drug-likeness (QED) is 0.657. The van der Waals surface area contributed by atoms with Crippen LogP contribution in [-0.2, 0) is 0 Å². The highest BCUT2D eigenvalue weighted by Gasteiger charge is 2.20. The number of benzene rings is 1. The molecular formula is C13H15ClN2O2. The number of nitrogens with zero attached hydrogens (tertiary/aromatic N) is 1. The van der Waals surface area contributed by atoms with Crippen molar-refractivity contribution < 1.29 is 4.92 Å². The van der Waals surface area contributed by atoms with Crippen LogP contribution in [0.5, 0.6) is 0 Å². The molecule has 0 aliphatic heterocycles. The number of halogens is 1. The molecule has 0 fully saturated rings. The average molecular weight is 267 g/mol. The summed E-state index contributed by atoms with van der Waals surface area (Å²) in [7, 11) is 0. The lowest BCUT2D eigenvalue weighted by molar-refractivity contribution is -0.483. The van der Waals surface area contributed by atoms with Gasteiger partial charge in [0.1, 0.15) is 0 Å². The van der Waals surface area contributed by atoms with Crippen LogP contribution >= 0.6 is 11.6 Å². The van der Waals surface area contributed by atoms with Crippen LogP contribution in [-0.4, -0.2) is 16.5 Å². The van der Waals surface area contributed by atoms with E-state index in [1.165, 1.54) is 0 Å². The van der Waals surface area contributed by atoms with Gasteiger partial charge in [0.15, 0.2) is 0 Å². The van der Waals surface area contributed by atoms with Crippen molar-refractivity contribution in [2.45, 2.75) is 25.7 Å². The molecule has 1 aromatic heterocycles. The summed E-state index contributed by atoms with van der Waals surface area (Å²) in [6.07, 6.45) is 3.59. The van der Waals surface area contributed by atoms with Gasteiger partial charge in [-0.3, -0.25) is 10.1 Å². The summed E-state index contributed by atoms with van der Waals surface area (Å²) in [5.74, 6) is -0.0581. The van der Waals surface area contributed by atoms with Gasteiger partial charge >= 0.3 is 0 Å². The highest BCUT2D eigenvalue weighted by atomic mass is 35.5. The molecular weight excluding hydrogens is 252 g/mol. The second kappa shape index (κ2) is 5.40. The van der Waals surface area contributed by atoms with Gasteiger partial charge in [0.25, 0.3) is 0 Å². The number of fused-ring (bicyclic) bond motifs is 1. The molecule has 5 heteroatoms. The summed E-state index contributed by atoms with van der Waals surface area (Å²) in [4.78, 5) is 13.7. The van der Waals surface area contributed by atoms with Gasteiger partial charge in [-0.2, -0.15) is 0 Å². The number of nitro groups is 1. The minimum Gasteiger partial charge on any atom is -0.361 e. The molecule has 4 nitrogen and oxygen atoms in total. The van der Waals surface area contributed by atoms with Crippen molar-refractivity contribution in [1.29, 1.82) is 0 Å². The van der Waals surface area contributed by atoms with Gasteiger partial charge in [-0.1, -0.05) is 24.9 Å². The minimum atomic E-state index is -0.246. The monoisotopic (exact) mass is 266 g/mol. The van der Waals surface area contributed by atoms with E-state index < -0.39 is 0 Å². The fourth-order valence-electron chi connectivity index (χ4n) is 2.33. The second-order valence-corrected chi connectivity index (χ2v) is 4.87. The van der Waals surface area contributed by atoms with Crippen molar-refractivity contribution in [3.05, 3.63) is 45.1 Å². The van der Waals surface area contributed by atoms with E-state index in [2.05, 4.69) is 4.98 Å². The van der Waals surface area contributed by atoms with Crippen molar-refractivity contribution in [2.75, 3.05) is 6.54 Å². The molecule has 1 atom stereocenters. The van der Waals surface area contributed by atoms with Crippen LogP contribution in [0.1, 0.15) is 31.2 Å². The van der Waals surface area contributed by atoms with Gasteiger partial charge < -0.3 is 4.98 Å². The molecule has 18 heavy (non-hydrogen) atoms. The molecule has 0 unspecified atom stereocenters. The number of aromatic nitrogens is 1. The Hall–Kier alpha value is -1.55. The van der Waals surface area contributed by atoms with Crippen LogP contribution in [0.2, 0.25) is 5.02 Å². The first kappa shape index (κ1) is 12.9. The summed E-state index contributed by atoms with van der Waals surface area (Å²) in [5, 5.41) is 12.4. The second-order valence-electron chi connectivity index (χ2n) is 4.43. The van der Waals surface area contributed by atoms with E-state index in [1.807, 2.05) is 31.3 Å². The lowest BCUT2D eigenvalue weighted by Gasteiger charge is -2.10. The number of rotatable bonds is 5. The van der Waals surface area contributed by atoms with Gasteiger partial charge in [-0.25, -0.2) is 0 Å². The van der Waals surface area contributed by atoms with Crippen LogP contribution in [0.15, 0.2) is 24.4 Å². The molecule has 0 spiro atoms. The molecule has 1 N–H and O–H groups in total. The normalized spacial score (nSPS) is 12.8. The third-order valence-corrected chi connectivity index (χ3v) is 3.36. The van der Waals surface area contributed by atoms with Crippen molar-refractivity contribution in [3.8, 4) is 0 Å². The van der Waals surface area contributed by atoms with Crippen molar-refractivity contribution >= 4 is 22.5 Å². The van der Waals surface area contributed by atoms with Gasteiger partial charge in [-0.05, 0) is 30.2 Å². The fraction of sp³-hybridized carbons (Fsp3) is 0.385. The Morgan fingerprint density at radius 1 is 1.50 bits per heavy atom. The minimum absolute atomic E-state index is 0.0344. The van der Waals surface area contributed by atoms with Crippen LogP contribution in [0.25, 0.3) is 10.9 Å². The highest BCUT2D eigenvalue weighted by molar-refractivity contribution is 6.31. The van der Waals surface area contributed by atoms with E-state index in [4.69, 9.17) is 11.6 Å². The van der Waals surface area contributed by atoms with Gasteiger partial charge in [0.05, 0.1) is 5.92 Å². The first-order valence-electron chi connectivity index (χ1n) is 6.00. The average Bonchev–Trinajstić information content (AvgIpc) is 2.70. The van der Waals surface area contributed by atoms with Gasteiger partial charge in [0.2, 0.25) is 6.54 Å². The zero-order chi connectivity index (χ0) is 13.1. The molecule has 0 aliphatic carbocycles. The third-order valence-electron chi connectivity index (χ3n) is 3.12. The van der Waals surface area contributed by atoms with E-state index >= 15 is 0 Å². The molecule has 0 amide bonds. The first-order valence-corrected chi connectivity index (χ1v) is 6.38. The summed E-state index contributed by atoms with van der Waals surface area (Å²) < 4.78 is 0. The van der Waals surface area contributed by atoms with E-state index in [0.29, 0.717) is 5.02 Å². The predicted octanol–water partition coefficient (Wildman–Crippen LogP) is 3.98. The largest absolute Gasteiger partial charge is 0.361 e. The maximum atomic E-state index is 10.8. The first-order chi connectivity index (χ1) is 8.61. The Morgan fingerprint density at radius 3 is 2.94 bits per heavy atom. The SMILES string of the molecule is CCC[C@H](C[N+](=O)[O-])c1c[nH]c2ccc(Cl)cc12. The molecule has 96 valence electrons. The molecule has 2 rings (SSSR count). The maximum absolute atomic E-state index is 10.8. The molecule has 0 bridgehead atoms. The Labute approximate surface area is 110 Å². The van der Waals surface area contributed by atoms with Crippen molar-refractivity contribution in [1.82, 2.24) is 4.98 Å². The summed E-state index contributed by atoms with van der Waals surface area (Å²) in [6, 6.07) is 5.58. The third kappa shape index (κ3) is 2.64. The maximum Gasteiger partial charge on any atom is 0.210 e. The standard InChI is InChI=1S/C13H15ClN2O2/c1-2-3-9(8-16(17)18)12-7-15-13-5-4-10(14)6-11(12)13/h4-7,9,15H,2-3,8H2,1H3/t9-/m1/s1. The van der Waals surface area contributed by atoms with Crippen LogP contribution in [0.3, 0.4) is 0 Å². The molecule has 0 saturated heterocycles. The summed E-state index contributed by atoms with van der Waals surface area (Å²) in [6.45, 7) is 2.00. The van der Waals surface area contributed by atoms with Crippen molar-refractivity contribution in [3.63, 3.8) is 0 Å². The summed E-state index contributed by atoms with van der Waals surface area (Å²) >= 11 is 5.99. The van der Waals surface area contributed by atoms with Crippen LogP contribution in [0, 0.1) is 10.1 Å². The van der Waals surface area contributed by atoms with Crippen LogP contribution < -0.4 is 0 Å². The van der Waals surface area contributed by atoms with Crippen LogP contribution in [0.4, 0.5) is 0 Å². The number of H-pyrrole nitrogens is 1. The Balaban J connectivity index is 2.42. The van der Waals surface area contributed by atoms with Crippen molar-refractivity contribution in [2.24, 2.45) is 0 Å². The number of hydrogen-bond acceptors (Lipinski definition) is 2. The van der Waals surface area contributed by atoms with Gasteiger partial charge in [-0.15, -0.1) is 0 Å². The Bertz CT molecular complexity index is 565. The van der Waals surface area contributed by atoms with Gasteiger partial charge in [0, 0.05) is 27.0 Å². The summed E-state index contributed by atoms with van der Waals surface area (Å²) in [5.41, 5.74) is 1.96. The highest BCUT2D eigenvalue weighted by Crippen LogP contribution is 2.30. The number of hydrogen-bond donors (Lipinski definition) is 1. The smallest absolute Gasteiger partial charge is 0.210 e. The molecule has 0 saturated carbocycles. The predicted molar refractivity (Wildman–Crippen MR) is 72.8 cm³/mol. The molecule has 2 aromatic rings. The lowest BCUT2D eigenvalue weighted by atomic mass is 9.94. The lowest BCUT2D eigenvalue weighted by Crippen LogP contribution is -2.12. The fourth-order valence-corrected chi connectivity index (χ4v) is 2.50. The van der Waals surface area contributed by atoms with E-state index in [9.17, 15) is 10.1 Å². The topological polar surface area (TPSA) is 58.9 Å². The molecule has 1 aromatic carbocycles. The molecule has 0 aliphatic rings. The zero-order valence-electron chi connectivity index (χ0n) is 10.1.